The molecule has 2 aliphatic heterocycles. The van der Waals surface area contributed by atoms with Crippen LogP contribution < -0.4 is 0 Å². The Morgan fingerprint density at radius 1 is 1.07 bits per heavy atom. The topological polar surface area (TPSA) is 28.2 Å². The number of allylic oxidation sites excluding steroid dienone is 2. The summed E-state index contributed by atoms with van der Waals surface area (Å²) in [6.07, 6.45) is 10.0. The maximum absolute atomic E-state index is 5.46. The standard InChI is InChI=1S/C10H14N2.2C5H4Cl.3CH3.Fe.Pt/c1-3-7-11-9(5-1)10-6-2-4-8-12-10;2*6-5-3-1-2-4-5;;;;;/h1,3,5,10H,2,4,6-8H2;2*1-4H;3*1H3;;/q-2;5*-1;;. The Hall–Kier alpha value is -0.272. The maximum atomic E-state index is 5.46. The first-order valence-electron chi connectivity index (χ1n) is 8.21. The molecule has 0 amide bonds. The molecule has 1 fully saturated rings. The molecule has 29 heavy (non-hydrogen) atoms. The van der Waals surface area contributed by atoms with Gasteiger partial charge in [-0.05, 0) is 0 Å². The normalized spacial score (nSPS) is 15.8. The van der Waals surface area contributed by atoms with E-state index in [2.05, 4.69) is 28.9 Å². The summed E-state index contributed by atoms with van der Waals surface area (Å²) in [6.45, 7) is 1.87. The molecular weight excluding hydrogens is 626 g/mol. The number of hydrogen-bond donors (Lipinski definition) is 0. The average molecular weight is 657 g/mol. The van der Waals surface area contributed by atoms with E-state index in [0.717, 1.165) is 23.1 Å². The summed E-state index contributed by atoms with van der Waals surface area (Å²) >= 11 is 10.9. The van der Waals surface area contributed by atoms with Crippen LogP contribution in [0.2, 0.25) is 10.0 Å². The van der Waals surface area contributed by atoms with Crippen molar-refractivity contribution in [3.63, 3.8) is 0 Å². The van der Waals surface area contributed by atoms with Gasteiger partial charge in [0.2, 0.25) is 0 Å². The molecule has 0 aliphatic carbocycles. The van der Waals surface area contributed by atoms with Crippen LogP contribution in [-0.4, -0.2) is 19.1 Å². The Bertz CT molecular complexity index is 573. The van der Waals surface area contributed by atoms with E-state index >= 15 is 0 Å². The smallest absolute Gasteiger partial charge is 0 e. The molecule has 6 heteroatoms. The summed E-state index contributed by atoms with van der Waals surface area (Å²) in [4.78, 5) is 0. The third kappa shape index (κ3) is 16.1. The molecular formula is C23H31Cl2FeN2Pt-7. The summed E-state index contributed by atoms with van der Waals surface area (Å²) < 4.78 is 0. The van der Waals surface area contributed by atoms with Gasteiger partial charge in [0.25, 0.3) is 0 Å². The Kier molecular flexibility index (Phi) is 27.9. The minimum Gasteiger partial charge on any atom is -0.686 e. The predicted molar refractivity (Wildman–Crippen MR) is 125 cm³/mol. The van der Waals surface area contributed by atoms with Crippen molar-refractivity contribution in [2.24, 2.45) is 0 Å². The first kappa shape index (κ1) is 36.1. The molecule has 1 unspecified atom stereocenters. The van der Waals surface area contributed by atoms with Gasteiger partial charge in [-0.15, -0.1) is 36.8 Å². The van der Waals surface area contributed by atoms with E-state index in [9.17, 15) is 0 Å². The monoisotopic (exact) mass is 656 g/mol. The van der Waals surface area contributed by atoms with Crippen molar-refractivity contribution in [1.29, 1.82) is 0 Å². The molecule has 2 aromatic carbocycles. The molecule has 1 atom stereocenters. The summed E-state index contributed by atoms with van der Waals surface area (Å²) in [5.74, 6) is 0. The van der Waals surface area contributed by atoms with E-state index in [1.54, 1.807) is 0 Å². The van der Waals surface area contributed by atoms with Gasteiger partial charge in [0.15, 0.2) is 0 Å². The zero-order chi connectivity index (χ0) is 17.0. The summed E-state index contributed by atoms with van der Waals surface area (Å²) in [6, 6.07) is 15.4. The van der Waals surface area contributed by atoms with Crippen LogP contribution in [0, 0.1) is 22.3 Å². The third-order valence-corrected chi connectivity index (χ3v) is 4.11. The van der Waals surface area contributed by atoms with Crippen molar-refractivity contribution in [2.75, 3.05) is 13.1 Å². The van der Waals surface area contributed by atoms with Crippen molar-refractivity contribution in [1.82, 2.24) is 0 Å². The molecule has 0 spiro atoms. The minimum atomic E-state index is 0. The molecule has 1 saturated heterocycles. The van der Waals surface area contributed by atoms with Gasteiger partial charge >= 0.3 is 0 Å². The Morgan fingerprint density at radius 2 is 1.76 bits per heavy atom. The quantitative estimate of drug-likeness (QED) is 0.219. The van der Waals surface area contributed by atoms with E-state index in [-0.39, 0.29) is 60.4 Å². The van der Waals surface area contributed by atoms with Crippen molar-refractivity contribution >= 4 is 23.2 Å². The molecule has 0 saturated carbocycles. The minimum absolute atomic E-state index is 0. The van der Waals surface area contributed by atoms with Crippen LogP contribution in [0.3, 0.4) is 0 Å². The average Bonchev–Trinajstić information content (AvgIpc) is 3.31. The maximum Gasteiger partial charge on any atom is 0 e. The van der Waals surface area contributed by atoms with Crippen LogP contribution in [0.25, 0.3) is 10.6 Å². The second kappa shape index (κ2) is 22.4. The van der Waals surface area contributed by atoms with Crippen molar-refractivity contribution < 1.29 is 38.1 Å². The molecule has 0 aromatic heterocycles. The largest absolute Gasteiger partial charge is 0.686 e. The van der Waals surface area contributed by atoms with Gasteiger partial charge in [0.1, 0.15) is 0 Å². The van der Waals surface area contributed by atoms with Crippen LogP contribution in [0.5, 0.6) is 0 Å². The first-order valence-corrected chi connectivity index (χ1v) is 8.96. The summed E-state index contributed by atoms with van der Waals surface area (Å²) in [5.41, 5.74) is 1.19. The molecule has 2 aromatic rings. The van der Waals surface area contributed by atoms with Crippen LogP contribution in [0.15, 0.2) is 72.5 Å². The van der Waals surface area contributed by atoms with Crippen LogP contribution >= 0.6 is 23.2 Å². The Labute approximate surface area is 214 Å². The molecule has 0 radical (unpaired) electrons. The summed E-state index contributed by atoms with van der Waals surface area (Å²) in [5, 5.41) is 10.6. The van der Waals surface area contributed by atoms with Crippen LogP contribution in [0.1, 0.15) is 19.3 Å². The number of hydrogen-bond acceptors (Lipinski definition) is 0. The fourth-order valence-electron chi connectivity index (χ4n) is 2.39. The van der Waals surface area contributed by atoms with Gasteiger partial charge in [0.05, 0.1) is 0 Å². The van der Waals surface area contributed by atoms with Gasteiger partial charge in [-0.3, -0.25) is 0 Å². The van der Waals surface area contributed by atoms with E-state index in [0.29, 0.717) is 6.04 Å². The SMILES string of the molecule is C1=CC[N-]C(C2CCCC[N-]2)=C1.Cl[c-]1cccc1.Clc1ccc[cH-]1.[CH3-].[CH3-].[CH3-].[Fe].[Pt]. The molecule has 172 valence electrons. The Morgan fingerprint density at radius 3 is 2.10 bits per heavy atom. The zero-order valence-corrected chi connectivity index (χ0v) is 22.2. The van der Waals surface area contributed by atoms with Gasteiger partial charge in [-0.2, -0.15) is 47.6 Å². The molecule has 2 aliphatic rings. The number of nitrogens with zero attached hydrogens (tertiary/aromatic N) is 2. The van der Waals surface area contributed by atoms with E-state index < -0.39 is 0 Å². The first-order chi connectivity index (χ1) is 11.8. The van der Waals surface area contributed by atoms with Crippen LogP contribution in [0.4, 0.5) is 0 Å². The van der Waals surface area contributed by atoms with E-state index in [1.807, 2.05) is 48.5 Å². The van der Waals surface area contributed by atoms with E-state index in [4.69, 9.17) is 23.2 Å². The van der Waals surface area contributed by atoms with Gasteiger partial charge in [0, 0.05) is 38.1 Å². The van der Waals surface area contributed by atoms with Crippen molar-refractivity contribution in [2.45, 2.75) is 25.3 Å². The van der Waals surface area contributed by atoms with Crippen molar-refractivity contribution in [3.05, 3.63) is 115 Å². The van der Waals surface area contributed by atoms with Crippen LogP contribution in [-0.2, 0) is 38.1 Å². The van der Waals surface area contributed by atoms with Crippen molar-refractivity contribution in [3.8, 4) is 0 Å². The zero-order valence-electron chi connectivity index (χ0n) is 17.3. The molecule has 2 nitrogen and oxygen atoms in total. The second-order valence-electron chi connectivity index (χ2n) is 5.48. The molecule has 0 bridgehead atoms. The van der Waals surface area contributed by atoms with Gasteiger partial charge in [-0.1, -0.05) is 41.5 Å². The fourth-order valence-corrected chi connectivity index (χ4v) is 2.68. The van der Waals surface area contributed by atoms with E-state index in [1.165, 1.54) is 25.0 Å². The third-order valence-electron chi connectivity index (χ3n) is 3.60. The summed E-state index contributed by atoms with van der Waals surface area (Å²) in [7, 11) is 0. The molecule has 0 N–H and O–H groups in total. The van der Waals surface area contributed by atoms with Gasteiger partial charge in [-0.25, -0.2) is 18.2 Å². The second-order valence-corrected chi connectivity index (χ2v) is 6.36. The predicted octanol–water partition coefficient (Wildman–Crippen LogP) is 8.20. The number of rotatable bonds is 1. The molecule has 4 rings (SSSR count). The Balaban J connectivity index is -0.000000161. The molecule has 2 heterocycles. The van der Waals surface area contributed by atoms with Gasteiger partial charge < -0.3 is 32.9 Å². The fraction of sp³-hybridized carbons (Fsp3) is 0.261. The number of piperidine rings is 1. The number of halogens is 2.